The lowest BCUT2D eigenvalue weighted by molar-refractivity contribution is -0.138. The third kappa shape index (κ3) is 4.51. The van der Waals surface area contributed by atoms with Crippen molar-refractivity contribution >= 4 is 23.4 Å². The van der Waals surface area contributed by atoms with Gasteiger partial charge >= 0.3 is 6.18 Å². The zero-order chi connectivity index (χ0) is 23.6. The lowest BCUT2D eigenvalue weighted by Crippen LogP contribution is -2.50. The summed E-state index contributed by atoms with van der Waals surface area (Å²) in [5, 5.41) is 8.95. The van der Waals surface area contributed by atoms with Crippen LogP contribution in [-0.4, -0.2) is 74.0 Å². The Morgan fingerprint density at radius 2 is 1.81 bits per heavy atom. The van der Waals surface area contributed by atoms with Crippen molar-refractivity contribution in [1.82, 2.24) is 9.80 Å². The number of carbonyl (C=O) groups excluding carboxylic acids is 3. The molecule has 1 saturated heterocycles. The number of hydrogen-bond acceptors (Lipinski definition) is 6. The smallest absolute Gasteiger partial charge is 0.375 e. The van der Waals surface area contributed by atoms with Crippen LogP contribution in [0.3, 0.4) is 0 Å². The van der Waals surface area contributed by atoms with E-state index in [0.717, 1.165) is 12.1 Å². The monoisotopic (exact) mass is 450 g/mol. The summed E-state index contributed by atoms with van der Waals surface area (Å²) in [6.07, 6.45) is -4.81. The quantitative estimate of drug-likeness (QED) is 0.632. The molecular formula is C21H21F3N4O4. The maximum atomic E-state index is 13.3. The highest BCUT2D eigenvalue weighted by Crippen LogP contribution is 2.36. The molecule has 11 heteroatoms. The van der Waals surface area contributed by atoms with E-state index in [9.17, 15) is 27.6 Å². The van der Waals surface area contributed by atoms with Crippen LogP contribution in [0.5, 0.6) is 0 Å². The summed E-state index contributed by atoms with van der Waals surface area (Å²) in [5.41, 5.74) is -1.68. The van der Waals surface area contributed by atoms with E-state index in [2.05, 4.69) is 0 Å². The van der Waals surface area contributed by atoms with E-state index in [-0.39, 0.29) is 35.9 Å². The van der Waals surface area contributed by atoms with Crippen molar-refractivity contribution < 1.29 is 32.3 Å². The number of anilines is 1. The number of ether oxygens (including phenoxy) is 1. The first-order valence-electron chi connectivity index (χ1n) is 9.77. The van der Waals surface area contributed by atoms with Crippen LogP contribution in [0.2, 0.25) is 0 Å². The molecule has 0 atom stereocenters. The number of rotatable bonds is 5. The Morgan fingerprint density at radius 1 is 1.16 bits per heavy atom. The molecule has 1 aromatic rings. The molecule has 2 aliphatic rings. The van der Waals surface area contributed by atoms with Crippen LogP contribution < -0.4 is 4.90 Å². The molecule has 2 aliphatic heterocycles. The van der Waals surface area contributed by atoms with E-state index in [0.29, 0.717) is 37.1 Å². The number of amides is 3. The molecule has 0 saturated carbocycles. The van der Waals surface area contributed by atoms with Crippen LogP contribution in [0.25, 0.3) is 0 Å². The standard InChI is InChI=1S/C21H21F3N4O4/c1-13-16(11-26-5-7-27(8-6-26)18(29)12-32-2)20(31)28(19(13)30)15-4-3-14(10-25)17(9-15)21(22,23)24/h3-4,9H,5-8,11-12H2,1-2H3. The molecule has 0 spiro atoms. The fraction of sp³-hybridized carbons (Fsp3) is 0.429. The van der Waals surface area contributed by atoms with Crippen LogP contribution in [0.4, 0.5) is 18.9 Å². The number of benzene rings is 1. The molecular weight excluding hydrogens is 429 g/mol. The second kappa shape index (κ2) is 9.10. The molecule has 8 nitrogen and oxygen atoms in total. The van der Waals surface area contributed by atoms with E-state index in [4.69, 9.17) is 10.00 Å². The van der Waals surface area contributed by atoms with Gasteiger partial charge in [-0.3, -0.25) is 19.3 Å². The van der Waals surface area contributed by atoms with Gasteiger partial charge in [0.05, 0.1) is 22.9 Å². The average Bonchev–Trinajstić information content (AvgIpc) is 2.96. The Hall–Kier alpha value is -3.23. The number of carbonyl (C=O) groups is 3. The molecule has 3 amide bonds. The van der Waals surface area contributed by atoms with Crippen LogP contribution >= 0.6 is 0 Å². The second-order valence-corrected chi connectivity index (χ2v) is 7.48. The predicted octanol–water partition coefficient (Wildman–Crippen LogP) is 1.56. The van der Waals surface area contributed by atoms with Crippen molar-refractivity contribution in [3.63, 3.8) is 0 Å². The second-order valence-electron chi connectivity index (χ2n) is 7.48. The number of halogens is 3. The maximum Gasteiger partial charge on any atom is 0.417 e. The van der Waals surface area contributed by atoms with Crippen molar-refractivity contribution in [2.24, 2.45) is 0 Å². The van der Waals surface area contributed by atoms with E-state index in [1.807, 2.05) is 4.90 Å². The minimum Gasteiger partial charge on any atom is -0.375 e. The molecule has 0 N–H and O–H groups in total. The predicted molar refractivity (Wildman–Crippen MR) is 106 cm³/mol. The van der Waals surface area contributed by atoms with Crippen molar-refractivity contribution in [1.29, 1.82) is 5.26 Å². The number of piperazine rings is 1. The Balaban J connectivity index is 1.76. The molecule has 0 bridgehead atoms. The average molecular weight is 450 g/mol. The Kier molecular flexibility index (Phi) is 6.66. The van der Waals surface area contributed by atoms with Crippen molar-refractivity contribution in [2.45, 2.75) is 13.1 Å². The largest absolute Gasteiger partial charge is 0.417 e. The van der Waals surface area contributed by atoms with Crippen LogP contribution in [0.1, 0.15) is 18.1 Å². The highest BCUT2D eigenvalue weighted by atomic mass is 19.4. The van der Waals surface area contributed by atoms with Gasteiger partial charge in [-0.25, -0.2) is 4.90 Å². The van der Waals surface area contributed by atoms with Gasteiger partial charge in [-0.15, -0.1) is 0 Å². The molecule has 0 aliphatic carbocycles. The van der Waals surface area contributed by atoms with E-state index >= 15 is 0 Å². The van der Waals surface area contributed by atoms with Gasteiger partial charge in [0.2, 0.25) is 5.91 Å². The lowest BCUT2D eigenvalue weighted by Gasteiger charge is -2.34. The van der Waals surface area contributed by atoms with Crippen molar-refractivity contribution in [2.75, 3.05) is 51.3 Å². The summed E-state index contributed by atoms with van der Waals surface area (Å²) in [4.78, 5) is 41.8. The number of methoxy groups -OCH3 is 1. The zero-order valence-electron chi connectivity index (χ0n) is 17.5. The van der Waals surface area contributed by atoms with Gasteiger partial charge in [0.15, 0.2) is 0 Å². The molecule has 3 rings (SSSR count). The summed E-state index contributed by atoms with van der Waals surface area (Å²) in [6.45, 7) is 3.40. The Labute approximate surface area is 182 Å². The minimum absolute atomic E-state index is 0.0171. The van der Waals surface area contributed by atoms with Crippen LogP contribution in [-0.2, 0) is 25.3 Å². The molecule has 170 valence electrons. The summed E-state index contributed by atoms with van der Waals surface area (Å²) >= 11 is 0. The van der Waals surface area contributed by atoms with Crippen molar-refractivity contribution in [3.05, 3.63) is 40.5 Å². The number of nitriles is 1. The molecule has 0 radical (unpaired) electrons. The van der Waals surface area contributed by atoms with E-state index in [1.54, 1.807) is 4.90 Å². The third-order valence-corrected chi connectivity index (χ3v) is 5.50. The summed E-state index contributed by atoms with van der Waals surface area (Å²) in [5.74, 6) is -1.53. The zero-order valence-corrected chi connectivity index (χ0v) is 17.5. The maximum absolute atomic E-state index is 13.3. The van der Waals surface area contributed by atoms with Gasteiger partial charge in [0.25, 0.3) is 11.8 Å². The first-order chi connectivity index (χ1) is 15.1. The Morgan fingerprint density at radius 3 is 2.38 bits per heavy atom. The fourth-order valence-corrected chi connectivity index (χ4v) is 3.70. The van der Waals surface area contributed by atoms with Crippen LogP contribution in [0, 0.1) is 11.3 Å². The summed E-state index contributed by atoms with van der Waals surface area (Å²) in [6, 6.07) is 4.22. The van der Waals surface area contributed by atoms with Gasteiger partial charge in [-0.05, 0) is 25.1 Å². The van der Waals surface area contributed by atoms with Gasteiger partial charge in [0, 0.05) is 51.0 Å². The van der Waals surface area contributed by atoms with Gasteiger partial charge in [0.1, 0.15) is 6.61 Å². The summed E-state index contributed by atoms with van der Waals surface area (Å²) < 4.78 is 44.8. The van der Waals surface area contributed by atoms with Crippen LogP contribution in [0.15, 0.2) is 29.3 Å². The van der Waals surface area contributed by atoms with Gasteiger partial charge in [-0.2, -0.15) is 18.4 Å². The highest BCUT2D eigenvalue weighted by molar-refractivity contribution is 6.32. The molecule has 1 fully saturated rings. The SMILES string of the molecule is COCC(=O)N1CCN(CC2=C(C)C(=O)N(c3ccc(C#N)c(C(F)(F)F)c3)C2=O)CC1. The number of hydrogen-bond donors (Lipinski definition) is 0. The molecule has 1 aromatic carbocycles. The normalized spacial score (nSPS) is 17.9. The first-order valence-corrected chi connectivity index (χ1v) is 9.77. The molecule has 0 unspecified atom stereocenters. The number of alkyl halides is 3. The Bertz CT molecular complexity index is 1020. The number of nitrogens with zero attached hydrogens (tertiary/aromatic N) is 4. The number of imide groups is 1. The van der Waals surface area contributed by atoms with E-state index < -0.39 is 29.1 Å². The molecule has 0 aromatic heterocycles. The third-order valence-electron chi connectivity index (χ3n) is 5.50. The topological polar surface area (TPSA) is 93.9 Å². The van der Waals surface area contributed by atoms with Gasteiger partial charge < -0.3 is 9.64 Å². The molecule has 2 heterocycles. The summed E-state index contributed by atoms with van der Waals surface area (Å²) in [7, 11) is 1.43. The first kappa shape index (κ1) is 23.4. The van der Waals surface area contributed by atoms with E-state index in [1.165, 1.54) is 20.1 Å². The minimum atomic E-state index is -4.81. The fourth-order valence-electron chi connectivity index (χ4n) is 3.70. The lowest BCUT2D eigenvalue weighted by atomic mass is 10.1. The highest BCUT2D eigenvalue weighted by Gasteiger charge is 2.40. The van der Waals surface area contributed by atoms with Gasteiger partial charge in [-0.1, -0.05) is 0 Å². The van der Waals surface area contributed by atoms with Crippen molar-refractivity contribution in [3.8, 4) is 6.07 Å². The molecule has 32 heavy (non-hydrogen) atoms.